The zero-order chi connectivity index (χ0) is 21.8. The van der Waals surface area contributed by atoms with E-state index in [4.69, 9.17) is 4.74 Å². The summed E-state index contributed by atoms with van der Waals surface area (Å²) in [5, 5.41) is 3.24. The molecule has 7 nitrogen and oxygen atoms in total. The largest absolute Gasteiger partial charge is 0.452 e. The molecule has 5 saturated carbocycles. The van der Waals surface area contributed by atoms with E-state index in [9.17, 15) is 19.2 Å². The van der Waals surface area contributed by atoms with Crippen LogP contribution in [0.2, 0.25) is 0 Å². The highest BCUT2D eigenvalue weighted by Crippen LogP contribution is 2.55. The first-order chi connectivity index (χ1) is 14.8. The Morgan fingerprint density at radius 2 is 1.52 bits per heavy atom. The second-order valence-electron chi connectivity index (χ2n) is 10.9. The van der Waals surface area contributed by atoms with Crippen LogP contribution in [-0.4, -0.2) is 46.8 Å². The van der Waals surface area contributed by atoms with Gasteiger partial charge in [0.1, 0.15) is 0 Å². The van der Waals surface area contributed by atoms with Crippen molar-refractivity contribution in [1.29, 1.82) is 0 Å². The zero-order valence-corrected chi connectivity index (χ0v) is 18.4. The average molecular weight is 431 g/mol. The Balaban J connectivity index is 1.11. The van der Waals surface area contributed by atoms with Gasteiger partial charge in [0.05, 0.1) is 18.3 Å². The number of esters is 1. The molecule has 6 aliphatic rings. The maximum atomic E-state index is 12.8. The molecule has 31 heavy (non-hydrogen) atoms. The van der Waals surface area contributed by atoms with Crippen LogP contribution in [0.3, 0.4) is 0 Å². The second-order valence-corrected chi connectivity index (χ2v) is 10.9. The third-order valence-corrected chi connectivity index (χ3v) is 8.58. The highest BCUT2D eigenvalue weighted by molar-refractivity contribution is 6.05. The highest BCUT2D eigenvalue weighted by atomic mass is 16.5. The summed E-state index contributed by atoms with van der Waals surface area (Å²) in [5.74, 6) is 0.712. The van der Waals surface area contributed by atoms with Gasteiger partial charge in [0.25, 0.3) is 5.91 Å². The van der Waals surface area contributed by atoms with E-state index < -0.39 is 12.1 Å². The molecule has 3 atom stereocenters. The van der Waals surface area contributed by atoms with Crippen molar-refractivity contribution in [2.75, 3.05) is 6.54 Å². The number of carbonyl (C=O) groups is 4. The Labute approximate surface area is 183 Å². The molecule has 1 saturated heterocycles. The molecular weight excluding hydrogens is 396 g/mol. The molecule has 0 aromatic heterocycles. The van der Waals surface area contributed by atoms with E-state index in [1.165, 1.54) is 24.2 Å². The Morgan fingerprint density at radius 3 is 2.03 bits per heavy atom. The van der Waals surface area contributed by atoms with Crippen LogP contribution in [0.15, 0.2) is 0 Å². The highest BCUT2D eigenvalue weighted by Gasteiger charge is 2.52. The monoisotopic (exact) mass is 430 g/mol. The third-order valence-electron chi connectivity index (χ3n) is 8.58. The third kappa shape index (κ3) is 3.89. The minimum absolute atomic E-state index is 0.0484. The van der Waals surface area contributed by atoms with Crippen LogP contribution in [0.4, 0.5) is 0 Å². The predicted octanol–water partition coefficient (Wildman–Crippen LogP) is 2.57. The summed E-state index contributed by atoms with van der Waals surface area (Å²) in [4.78, 5) is 51.5. The standard InChI is InChI=1S/C24H34N2O5/c1-14(21(28)25-24-11-15-8-16(12-24)10-17(9-15)13-24)31-20(27)6-7-26-22(29)18-4-2-3-5-19(18)23(26)30/h14-19H,2-13H2,1H3,(H,25,28)/t14-,15?,16?,17?,18-,19+,24?/m0/s1. The van der Waals surface area contributed by atoms with Crippen molar-refractivity contribution in [3.05, 3.63) is 0 Å². The molecule has 0 spiro atoms. The number of carbonyl (C=O) groups excluding carboxylic acids is 4. The number of amides is 3. The summed E-state index contributed by atoms with van der Waals surface area (Å²) < 4.78 is 5.37. The van der Waals surface area contributed by atoms with E-state index in [-0.39, 0.29) is 48.1 Å². The van der Waals surface area contributed by atoms with Crippen LogP contribution >= 0.6 is 0 Å². The molecule has 3 amide bonds. The molecule has 1 heterocycles. The van der Waals surface area contributed by atoms with Crippen LogP contribution < -0.4 is 5.32 Å². The maximum absolute atomic E-state index is 12.8. The van der Waals surface area contributed by atoms with E-state index in [0.29, 0.717) is 0 Å². The minimum atomic E-state index is -0.868. The number of hydrogen-bond acceptors (Lipinski definition) is 5. The smallest absolute Gasteiger partial charge is 0.308 e. The average Bonchev–Trinajstić information content (AvgIpc) is 2.95. The summed E-state index contributed by atoms with van der Waals surface area (Å²) >= 11 is 0. The van der Waals surface area contributed by atoms with Gasteiger partial charge in [-0.1, -0.05) is 12.8 Å². The van der Waals surface area contributed by atoms with Crippen molar-refractivity contribution < 1.29 is 23.9 Å². The SMILES string of the molecule is C[C@H](OC(=O)CCN1C(=O)[C@H]2CCCC[C@H]2C1=O)C(=O)NC12CC3CC(CC(C3)C1)C2. The van der Waals surface area contributed by atoms with Gasteiger partial charge in [0.15, 0.2) is 6.10 Å². The number of likely N-dealkylation sites (tertiary alicyclic amines) is 1. The maximum Gasteiger partial charge on any atom is 0.308 e. The molecular formula is C24H34N2O5. The van der Waals surface area contributed by atoms with Gasteiger partial charge < -0.3 is 10.1 Å². The van der Waals surface area contributed by atoms with Crippen LogP contribution in [-0.2, 0) is 23.9 Å². The van der Waals surface area contributed by atoms with Crippen LogP contribution in [0.5, 0.6) is 0 Å². The number of hydrogen-bond donors (Lipinski definition) is 1. The van der Waals surface area contributed by atoms with E-state index in [0.717, 1.165) is 62.7 Å². The van der Waals surface area contributed by atoms with Crippen LogP contribution in [0, 0.1) is 29.6 Å². The van der Waals surface area contributed by atoms with Crippen molar-refractivity contribution in [3.8, 4) is 0 Å². The minimum Gasteiger partial charge on any atom is -0.452 e. The first kappa shape index (κ1) is 21.0. The zero-order valence-electron chi connectivity index (χ0n) is 18.4. The predicted molar refractivity (Wildman–Crippen MR) is 111 cm³/mol. The Kier molecular flexibility index (Phi) is 5.33. The van der Waals surface area contributed by atoms with Gasteiger partial charge in [-0.3, -0.25) is 24.1 Å². The number of nitrogens with zero attached hydrogens (tertiary/aromatic N) is 1. The molecule has 170 valence electrons. The fourth-order valence-electron chi connectivity index (χ4n) is 7.59. The van der Waals surface area contributed by atoms with Gasteiger partial charge in [-0.25, -0.2) is 0 Å². The Hall–Kier alpha value is -1.92. The quantitative estimate of drug-likeness (QED) is 0.516. The second kappa shape index (κ2) is 7.89. The van der Waals surface area contributed by atoms with Crippen molar-refractivity contribution in [3.63, 3.8) is 0 Å². The topological polar surface area (TPSA) is 92.8 Å². The number of ether oxygens (including phenoxy) is 1. The van der Waals surface area contributed by atoms with Gasteiger partial charge in [0.2, 0.25) is 11.8 Å². The number of nitrogens with one attached hydrogen (secondary N) is 1. The van der Waals surface area contributed by atoms with Gasteiger partial charge in [-0.05, 0) is 76.0 Å². The molecule has 4 bridgehead atoms. The first-order valence-electron chi connectivity index (χ1n) is 12.2. The molecule has 6 rings (SSSR count). The van der Waals surface area contributed by atoms with Gasteiger partial charge in [-0.15, -0.1) is 0 Å². The number of rotatable bonds is 6. The Bertz CT molecular complexity index is 734. The van der Waals surface area contributed by atoms with Crippen molar-refractivity contribution in [2.24, 2.45) is 29.6 Å². The summed E-state index contributed by atoms with van der Waals surface area (Å²) in [7, 11) is 0. The Morgan fingerprint density at radius 1 is 1.00 bits per heavy atom. The van der Waals surface area contributed by atoms with E-state index in [1.807, 2.05) is 0 Å². The first-order valence-corrected chi connectivity index (χ1v) is 12.2. The number of imide groups is 1. The summed E-state index contributed by atoms with van der Waals surface area (Å²) in [6.45, 7) is 1.65. The molecule has 0 radical (unpaired) electrons. The fourth-order valence-corrected chi connectivity index (χ4v) is 7.59. The summed E-state index contributed by atoms with van der Waals surface area (Å²) in [6, 6.07) is 0. The summed E-state index contributed by atoms with van der Waals surface area (Å²) in [6.07, 6.45) is 9.60. The molecule has 6 fully saturated rings. The normalized spacial score (nSPS) is 39.4. The van der Waals surface area contributed by atoms with E-state index >= 15 is 0 Å². The lowest BCUT2D eigenvalue weighted by atomic mass is 9.53. The van der Waals surface area contributed by atoms with E-state index in [2.05, 4.69) is 5.32 Å². The van der Waals surface area contributed by atoms with Crippen LogP contribution in [0.1, 0.15) is 77.6 Å². The molecule has 1 aliphatic heterocycles. The molecule has 7 heteroatoms. The lowest BCUT2D eigenvalue weighted by Crippen LogP contribution is -2.61. The van der Waals surface area contributed by atoms with Crippen molar-refractivity contribution >= 4 is 23.7 Å². The lowest BCUT2D eigenvalue weighted by Gasteiger charge is -2.57. The molecule has 0 aromatic rings. The summed E-state index contributed by atoms with van der Waals surface area (Å²) in [5.41, 5.74) is -0.114. The molecule has 5 aliphatic carbocycles. The van der Waals surface area contributed by atoms with Gasteiger partial charge >= 0.3 is 5.97 Å². The van der Waals surface area contributed by atoms with Crippen LogP contribution in [0.25, 0.3) is 0 Å². The lowest BCUT2D eigenvalue weighted by molar-refractivity contribution is -0.157. The fraction of sp³-hybridized carbons (Fsp3) is 0.833. The van der Waals surface area contributed by atoms with E-state index in [1.54, 1.807) is 6.92 Å². The van der Waals surface area contributed by atoms with Gasteiger partial charge in [-0.2, -0.15) is 0 Å². The molecule has 1 N–H and O–H groups in total. The van der Waals surface area contributed by atoms with Crippen molar-refractivity contribution in [1.82, 2.24) is 10.2 Å². The number of fused-ring (bicyclic) bond motifs is 1. The molecule has 0 aromatic carbocycles. The molecule has 0 unspecified atom stereocenters. The van der Waals surface area contributed by atoms with Gasteiger partial charge in [0, 0.05) is 12.1 Å². The van der Waals surface area contributed by atoms with Crippen molar-refractivity contribution in [2.45, 2.75) is 89.2 Å².